The molecule has 0 atom stereocenters. The molecule has 0 bridgehead atoms. The predicted octanol–water partition coefficient (Wildman–Crippen LogP) is 1.44. The quantitative estimate of drug-likeness (QED) is 0.735. The Kier molecular flexibility index (Phi) is 6.85. The molecule has 0 unspecified atom stereocenters. The van der Waals surface area contributed by atoms with E-state index in [-0.39, 0.29) is 5.91 Å². The monoisotopic (exact) mass is 286 g/mol. The lowest BCUT2D eigenvalue weighted by Gasteiger charge is -2.22. The van der Waals surface area contributed by atoms with Crippen LogP contribution in [0, 0.1) is 0 Å². The molecule has 0 saturated carbocycles. The van der Waals surface area contributed by atoms with Crippen LogP contribution in [0.1, 0.15) is 12.0 Å². The van der Waals surface area contributed by atoms with E-state index in [9.17, 15) is 4.79 Å². The molecular formula is C12H18N2O2S2. The molecule has 0 aromatic carbocycles. The smallest absolute Gasteiger partial charge is 0.227 e. The Balaban J connectivity index is 2.51. The van der Waals surface area contributed by atoms with E-state index in [0.717, 1.165) is 5.56 Å². The van der Waals surface area contributed by atoms with Gasteiger partial charge in [0.25, 0.3) is 0 Å². The first-order valence-electron chi connectivity index (χ1n) is 5.69. The molecule has 0 aliphatic carbocycles. The Labute approximate surface area is 117 Å². The molecule has 2 N–H and O–H groups in total. The maximum Gasteiger partial charge on any atom is 0.227 e. The van der Waals surface area contributed by atoms with E-state index in [2.05, 4.69) is 0 Å². The summed E-state index contributed by atoms with van der Waals surface area (Å²) in [4.78, 5) is 14.3. The van der Waals surface area contributed by atoms with E-state index < -0.39 is 0 Å². The summed E-state index contributed by atoms with van der Waals surface area (Å²) in [6.45, 7) is 1.65. The summed E-state index contributed by atoms with van der Waals surface area (Å²) < 4.78 is 5.01. The molecule has 1 rings (SSSR count). The molecule has 1 aromatic rings. The van der Waals surface area contributed by atoms with Gasteiger partial charge in [-0.2, -0.15) is 11.3 Å². The maximum absolute atomic E-state index is 12.1. The van der Waals surface area contributed by atoms with E-state index in [1.54, 1.807) is 23.3 Å². The van der Waals surface area contributed by atoms with Crippen molar-refractivity contribution in [1.29, 1.82) is 0 Å². The van der Waals surface area contributed by atoms with Crippen molar-refractivity contribution < 1.29 is 9.53 Å². The SMILES string of the molecule is COCCN(CCC(N)=S)C(=O)Cc1ccsc1. The molecule has 0 aliphatic rings. The van der Waals surface area contributed by atoms with Gasteiger partial charge in [-0.15, -0.1) is 0 Å². The molecular weight excluding hydrogens is 268 g/mol. The lowest BCUT2D eigenvalue weighted by atomic mass is 10.2. The highest BCUT2D eigenvalue weighted by atomic mass is 32.1. The van der Waals surface area contributed by atoms with Crippen LogP contribution in [0.5, 0.6) is 0 Å². The molecule has 1 amide bonds. The number of hydrogen-bond donors (Lipinski definition) is 1. The summed E-state index contributed by atoms with van der Waals surface area (Å²) in [6.07, 6.45) is 0.971. The van der Waals surface area contributed by atoms with E-state index in [1.807, 2.05) is 16.8 Å². The van der Waals surface area contributed by atoms with E-state index in [0.29, 0.717) is 37.5 Å². The molecule has 18 heavy (non-hydrogen) atoms. The second-order valence-corrected chi connectivity index (χ2v) is 5.20. The topological polar surface area (TPSA) is 55.6 Å². The second kappa shape index (κ2) is 8.18. The highest BCUT2D eigenvalue weighted by molar-refractivity contribution is 7.80. The highest BCUT2D eigenvalue weighted by Gasteiger charge is 2.14. The fraction of sp³-hybridized carbons (Fsp3) is 0.500. The zero-order chi connectivity index (χ0) is 13.4. The molecule has 0 saturated heterocycles. The Bertz CT molecular complexity index is 379. The van der Waals surface area contributed by atoms with E-state index >= 15 is 0 Å². The van der Waals surface area contributed by atoms with E-state index in [4.69, 9.17) is 22.7 Å². The lowest BCUT2D eigenvalue weighted by Crippen LogP contribution is -2.37. The third kappa shape index (κ3) is 5.57. The molecule has 0 radical (unpaired) electrons. The van der Waals surface area contributed by atoms with Gasteiger partial charge in [-0.3, -0.25) is 4.79 Å². The van der Waals surface area contributed by atoms with Crippen LogP contribution in [0.3, 0.4) is 0 Å². The number of methoxy groups -OCH3 is 1. The number of thiophene rings is 1. The van der Waals surface area contributed by atoms with Crippen LogP contribution in [0.4, 0.5) is 0 Å². The summed E-state index contributed by atoms with van der Waals surface area (Å²) in [6, 6.07) is 1.96. The van der Waals surface area contributed by atoms with Gasteiger partial charge in [-0.1, -0.05) is 12.2 Å². The van der Waals surface area contributed by atoms with Crippen molar-refractivity contribution >= 4 is 34.5 Å². The largest absolute Gasteiger partial charge is 0.393 e. The lowest BCUT2D eigenvalue weighted by molar-refractivity contribution is -0.131. The molecule has 0 aliphatic heterocycles. The van der Waals surface area contributed by atoms with Gasteiger partial charge in [0.05, 0.1) is 18.0 Å². The van der Waals surface area contributed by atoms with Crippen molar-refractivity contribution in [1.82, 2.24) is 4.90 Å². The maximum atomic E-state index is 12.1. The Morgan fingerprint density at radius 2 is 2.33 bits per heavy atom. The summed E-state index contributed by atoms with van der Waals surface area (Å²) in [5.74, 6) is 0.0849. The summed E-state index contributed by atoms with van der Waals surface area (Å²) in [5, 5.41) is 3.96. The van der Waals surface area contributed by atoms with Crippen molar-refractivity contribution in [3.63, 3.8) is 0 Å². The van der Waals surface area contributed by atoms with Gasteiger partial charge in [-0.25, -0.2) is 0 Å². The predicted molar refractivity (Wildman–Crippen MR) is 77.9 cm³/mol. The van der Waals surface area contributed by atoms with Crippen molar-refractivity contribution in [3.05, 3.63) is 22.4 Å². The molecule has 6 heteroatoms. The standard InChI is InChI=1S/C12H18N2O2S2/c1-16-6-5-14(4-2-11(13)17)12(15)8-10-3-7-18-9-10/h3,7,9H,2,4-6,8H2,1H3,(H2,13,17). The number of ether oxygens (including phenoxy) is 1. The number of carbonyl (C=O) groups excluding carboxylic acids is 1. The zero-order valence-electron chi connectivity index (χ0n) is 10.4. The van der Waals surface area contributed by atoms with Crippen LogP contribution >= 0.6 is 23.6 Å². The minimum absolute atomic E-state index is 0.0849. The molecule has 1 heterocycles. The highest BCUT2D eigenvalue weighted by Crippen LogP contribution is 2.08. The van der Waals surface area contributed by atoms with Crippen molar-refractivity contribution in [2.45, 2.75) is 12.8 Å². The van der Waals surface area contributed by atoms with Crippen molar-refractivity contribution in [3.8, 4) is 0 Å². The van der Waals surface area contributed by atoms with Gasteiger partial charge in [0.15, 0.2) is 0 Å². The van der Waals surface area contributed by atoms with Crippen LogP contribution in [0.25, 0.3) is 0 Å². The number of thiocarbonyl (C=S) groups is 1. The van der Waals surface area contributed by atoms with Crippen molar-refractivity contribution in [2.75, 3.05) is 26.8 Å². The van der Waals surface area contributed by atoms with Crippen LogP contribution < -0.4 is 5.73 Å². The zero-order valence-corrected chi connectivity index (χ0v) is 12.1. The minimum Gasteiger partial charge on any atom is -0.393 e. The fourth-order valence-electron chi connectivity index (χ4n) is 1.49. The fourth-order valence-corrected chi connectivity index (χ4v) is 2.25. The Hall–Kier alpha value is -0.980. The first kappa shape index (κ1) is 15.1. The Morgan fingerprint density at radius 3 is 2.89 bits per heavy atom. The Morgan fingerprint density at radius 1 is 1.56 bits per heavy atom. The molecule has 1 aromatic heterocycles. The third-order valence-electron chi connectivity index (χ3n) is 2.48. The molecule has 0 fully saturated rings. The molecule has 4 nitrogen and oxygen atoms in total. The summed E-state index contributed by atoms with van der Waals surface area (Å²) in [7, 11) is 1.62. The summed E-state index contributed by atoms with van der Waals surface area (Å²) >= 11 is 6.43. The van der Waals surface area contributed by atoms with Gasteiger partial charge in [0.2, 0.25) is 5.91 Å². The van der Waals surface area contributed by atoms with Crippen LogP contribution in [0.2, 0.25) is 0 Å². The summed E-state index contributed by atoms with van der Waals surface area (Å²) in [5.41, 5.74) is 6.51. The number of amides is 1. The number of nitrogens with two attached hydrogens (primary N) is 1. The van der Waals surface area contributed by atoms with Gasteiger partial charge in [0.1, 0.15) is 0 Å². The number of carbonyl (C=O) groups is 1. The van der Waals surface area contributed by atoms with Gasteiger partial charge in [0, 0.05) is 26.6 Å². The molecule has 100 valence electrons. The van der Waals surface area contributed by atoms with Gasteiger partial charge < -0.3 is 15.4 Å². The second-order valence-electron chi connectivity index (χ2n) is 3.90. The van der Waals surface area contributed by atoms with Gasteiger partial charge in [-0.05, 0) is 22.4 Å². The number of nitrogens with zero attached hydrogens (tertiary/aromatic N) is 1. The van der Waals surface area contributed by atoms with Crippen molar-refractivity contribution in [2.24, 2.45) is 5.73 Å². The average molecular weight is 286 g/mol. The van der Waals surface area contributed by atoms with E-state index in [1.165, 1.54) is 0 Å². The number of hydrogen-bond acceptors (Lipinski definition) is 4. The third-order valence-corrected chi connectivity index (χ3v) is 3.42. The van der Waals surface area contributed by atoms with Gasteiger partial charge >= 0.3 is 0 Å². The number of rotatable bonds is 8. The van der Waals surface area contributed by atoms with Crippen LogP contribution in [0.15, 0.2) is 16.8 Å². The van der Waals surface area contributed by atoms with Crippen LogP contribution in [-0.2, 0) is 16.0 Å². The first-order valence-corrected chi connectivity index (χ1v) is 7.04. The van der Waals surface area contributed by atoms with Crippen LogP contribution in [-0.4, -0.2) is 42.6 Å². The first-order chi connectivity index (χ1) is 8.63. The average Bonchev–Trinajstić information content (AvgIpc) is 2.81. The minimum atomic E-state index is 0.0849. The molecule has 0 spiro atoms. The normalized spacial score (nSPS) is 10.3.